The molecule has 0 amide bonds. The summed E-state index contributed by atoms with van der Waals surface area (Å²) in [5.41, 5.74) is 9.51. The van der Waals surface area contributed by atoms with E-state index < -0.39 is 42.9 Å². The van der Waals surface area contributed by atoms with Gasteiger partial charge in [0.15, 0.2) is 0 Å². The van der Waals surface area contributed by atoms with E-state index in [9.17, 15) is 20.4 Å². The van der Waals surface area contributed by atoms with Crippen molar-refractivity contribution in [2.45, 2.75) is 75.9 Å². The molecule has 10 heteroatoms. The first-order chi connectivity index (χ1) is 16.1. The first-order valence-corrected chi connectivity index (χ1v) is 11.6. The Hall–Kier alpha value is -2.05. The first kappa shape index (κ1) is 25.1. The molecule has 2 fully saturated rings. The van der Waals surface area contributed by atoms with Crippen molar-refractivity contribution in [2.24, 2.45) is 5.73 Å². The highest BCUT2D eigenvalue weighted by molar-refractivity contribution is 5.38. The Labute approximate surface area is 198 Å². The fraction of sp³-hybridized carbons (Fsp3) is 0.625. The van der Waals surface area contributed by atoms with E-state index in [1.807, 2.05) is 49.7 Å². The fourth-order valence-corrected chi connectivity index (χ4v) is 4.43. The quantitative estimate of drug-likeness (QED) is 0.374. The van der Waals surface area contributed by atoms with Gasteiger partial charge in [-0.15, -0.1) is 5.10 Å². The maximum Gasteiger partial charge on any atom is 0.239 e. The van der Waals surface area contributed by atoms with Crippen molar-refractivity contribution < 1.29 is 34.6 Å². The van der Waals surface area contributed by atoms with Gasteiger partial charge in [-0.3, -0.25) is 4.68 Å². The van der Waals surface area contributed by atoms with Crippen LogP contribution in [0.5, 0.6) is 5.88 Å². The molecule has 0 radical (unpaired) electrons. The monoisotopic (exact) mass is 477 g/mol. The second-order valence-electron chi connectivity index (χ2n) is 9.74. The number of hydrogen-bond acceptors (Lipinski definition) is 9. The summed E-state index contributed by atoms with van der Waals surface area (Å²) in [4.78, 5) is 0. The zero-order valence-electron chi connectivity index (χ0n) is 19.8. The van der Waals surface area contributed by atoms with Crippen molar-refractivity contribution in [3.63, 3.8) is 0 Å². The lowest BCUT2D eigenvalue weighted by molar-refractivity contribution is -0.278. The van der Waals surface area contributed by atoms with E-state index in [0.717, 1.165) is 28.8 Å². The number of nitrogens with zero attached hydrogens (tertiary/aromatic N) is 2. The van der Waals surface area contributed by atoms with Crippen molar-refractivity contribution in [2.75, 3.05) is 19.8 Å². The SMILES string of the molecule is Cc1c(Cc2ccc(C(C)(C)N)cc2)c(O[C@@H]2O[C@H](CO)[C@@H](O)C(O)[C@H]2O)nn1C1CCOC1. The minimum Gasteiger partial charge on any atom is -0.443 e. The molecule has 2 unspecified atom stereocenters. The van der Waals surface area contributed by atoms with Crippen LogP contribution in [0.25, 0.3) is 0 Å². The van der Waals surface area contributed by atoms with E-state index in [2.05, 4.69) is 5.10 Å². The van der Waals surface area contributed by atoms with Gasteiger partial charge in [0, 0.05) is 29.8 Å². The summed E-state index contributed by atoms with van der Waals surface area (Å²) in [5.74, 6) is 0.261. The van der Waals surface area contributed by atoms with Crippen LogP contribution in [0.4, 0.5) is 0 Å². The van der Waals surface area contributed by atoms with Gasteiger partial charge in [-0.2, -0.15) is 0 Å². The number of benzene rings is 1. The molecule has 2 aliphatic heterocycles. The summed E-state index contributed by atoms with van der Waals surface area (Å²) < 4.78 is 18.9. The largest absolute Gasteiger partial charge is 0.443 e. The highest BCUT2D eigenvalue weighted by Crippen LogP contribution is 2.32. The lowest BCUT2D eigenvalue weighted by Gasteiger charge is -2.39. The van der Waals surface area contributed by atoms with Gasteiger partial charge in [-0.1, -0.05) is 24.3 Å². The molecule has 6 atom stereocenters. The summed E-state index contributed by atoms with van der Waals surface area (Å²) in [7, 11) is 0. The van der Waals surface area contributed by atoms with Crippen molar-refractivity contribution in [3.8, 4) is 5.88 Å². The summed E-state index contributed by atoms with van der Waals surface area (Å²) in [6, 6.07) is 8.08. The van der Waals surface area contributed by atoms with Gasteiger partial charge in [-0.05, 0) is 38.3 Å². The minimum atomic E-state index is -1.53. The number of nitrogens with two attached hydrogens (primary N) is 1. The molecular weight excluding hydrogens is 442 g/mol. The van der Waals surface area contributed by atoms with Gasteiger partial charge in [-0.25, -0.2) is 0 Å². The van der Waals surface area contributed by atoms with E-state index in [4.69, 9.17) is 19.9 Å². The van der Waals surface area contributed by atoms with Crippen molar-refractivity contribution in [3.05, 3.63) is 46.6 Å². The number of rotatable bonds is 7. The molecule has 2 saturated heterocycles. The summed E-state index contributed by atoms with van der Waals surface area (Å²) in [6.07, 6.45) is -5.55. The number of aliphatic hydroxyl groups excluding tert-OH is 4. The first-order valence-electron chi connectivity index (χ1n) is 11.6. The highest BCUT2D eigenvalue weighted by Gasteiger charge is 2.45. The Balaban J connectivity index is 1.64. The van der Waals surface area contributed by atoms with Crippen LogP contribution >= 0.6 is 0 Å². The predicted molar refractivity (Wildman–Crippen MR) is 122 cm³/mol. The van der Waals surface area contributed by atoms with Gasteiger partial charge >= 0.3 is 0 Å². The molecule has 0 aliphatic carbocycles. The number of hydrogen-bond donors (Lipinski definition) is 5. The predicted octanol–water partition coefficient (Wildman–Crippen LogP) is 0.116. The molecule has 0 saturated carbocycles. The Morgan fingerprint density at radius 2 is 1.85 bits per heavy atom. The van der Waals surface area contributed by atoms with Gasteiger partial charge in [0.1, 0.15) is 24.4 Å². The van der Waals surface area contributed by atoms with Gasteiger partial charge < -0.3 is 40.4 Å². The second-order valence-corrected chi connectivity index (χ2v) is 9.74. The zero-order chi connectivity index (χ0) is 24.6. The Morgan fingerprint density at radius 1 is 1.15 bits per heavy atom. The molecule has 0 bridgehead atoms. The smallest absolute Gasteiger partial charge is 0.239 e. The molecule has 10 nitrogen and oxygen atoms in total. The van der Waals surface area contributed by atoms with Crippen LogP contribution in [0, 0.1) is 6.92 Å². The number of aliphatic hydroxyl groups is 4. The molecular formula is C24H35N3O7. The second kappa shape index (κ2) is 9.90. The number of ether oxygens (including phenoxy) is 3. The van der Waals surface area contributed by atoms with Crippen LogP contribution < -0.4 is 10.5 Å². The van der Waals surface area contributed by atoms with E-state index in [0.29, 0.717) is 19.6 Å². The molecule has 2 aromatic rings. The van der Waals surface area contributed by atoms with Gasteiger partial charge in [0.05, 0.1) is 19.3 Å². The lowest BCUT2D eigenvalue weighted by atomic mass is 9.93. The van der Waals surface area contributed by atoms with Gasteiger partial charge in [0.2, 0.25) is 12.2 Å². The van der Waals surface area contributed by atoms with Crippen LogP contribution in [-0.2, 0) is 21.4 Å². The molecule has 6 N–H and O–H groups in total. The maximum absolute atomic E-state index is 10.4. The topological polar surface area (TPSA) is 152 Å². The molecule has 4 rings (SSSR count). The third-order valence-electron chi connectivity index (χ3n) is 6.64. The summed E-state index contributed by atoms with van der Waals surface area (Å²) >= 11 is 0. The van der Waals surface area contributed by atoms with Gasteiger partial charge in [0.25, 0.3) is 0 Å². The van der Waals surface area contributed by atoms with Crippen LogP contribution in [-0.4, -0.2) is 80.7 Å². The van der Waals surface area contributed by atoms with E-state index in [1.54, 1.807) is 0 Å². The van der Waals surface area contributed by atoms with E-state index in [1.165, 1.54) is 0 Å². The highest BCUT2D eigenvalue weighted by atomic mass is 16.7. The Morgan fingerprint density at radius 3 is 2.44 bits per heavy atom. The van der Waals surface area contributed by atoms with E-state index in [-0.39, 0.29) is 11.9 Å². The average molecular weight is 478 g/mol. The molecule has 3 heterocycles. The van der Waals surface area contributed by atoms with E-state index >= 15 is 0 Å². The van der Waals surface area contributed by atoms with Crippen molar-refractivity contribution in [1.82, 2.24) is 9.78 Å². The van der Waals surface area contributed by atoms with Crippen molar-refractivity contribution >= 4 is 0 Å². The summed E-state index contributed by atoms with van der Waals surface area (Å²) in [6.45, 7) is 6.52. The lowest BCUT2D eigenvalue weighted by Crippen LogP contribution is -2.60. The van der Waals surface area contributed by atoms with Crippen LogP contribution in [0.2, 0.25) is 0 Å². The molecule has 2 aliphatic rings. The summed E-state index contributed by atoms with van der Waals surface area (Å²) in [5, 5.41) is 44.8. The third kappa shape index (κ3) is 4.99. The fourth-order valence-electron chi connectivity index (χ4n) is 4.43. The Kier molecular flexibility index (Phi) is 7.30. The normalized spacial score (nSPS) is 30.0. The maximum atomic E-state index is 10.4. The minimum absolute atomic E-state index is 0.0614. The number of aromatic nitrogens is 2. The molecule has 1 aromatic heterocycles. The standard InChI is InChI=1S/C24H35N3O7/c1-13-17(10-14-4-6-15(7-5-14)24(2,3)25)22(26-27(13)16-8-9-32-12-16)34-23-21(31)20(30)19(29)18(11-28)33-23/h4-7,16,18-21,23,28-31H,8-12,25H2,1-3H3/t16?,18-,19-,20?,21-,23+/m1/s1. The van der Waals surface area contributed by atoms with Crippen molar-refractivity contribution in [1.29, 1.82) is 0 Å². The molecule has 0 spiro atoms. The third-order valence-corrected chi connectivity index (χ3v) is 6.64. The molecule has 1 aromatic carbocycles. The zero-order valence-corrected chi connectivity index (χ0v) is 19.8. The molecule has 34 heavy (non-hydrogen) atoms. The van der Waals surface area contributed by atoms with Crippen LogP contribution in [0.15, 0.2) is 24.3 Å². The Bertz CT molecular complexity index is 964. The molecule has 188 valence electrons. The van der Waals surface area contributed by atoms with Crippen LogP contribution in [0.1, 0.15) is 48.7 Å². The van der Waals surface area contributed by atoms with Crippen LogP contribution in [0.3, 0.4) is 0 Å². The average Bonchev–Trinajstić information content (AvgIpc) is 3.43.